The summed E-state index contributed by atoms with van der Waals surface area (Å²) in [5.41, 5.74) is -1.32. The number of hydrogen-bond acceptors (Lipinski definition) is 3. The number of aliphatic carboxylic acids is 1. The zero-order valence-electron chi connectivity index (χ0n) is 21.5. The second-order valence-electron chi connectivity index (χ2n) is 11.3. The van der Waals surface area contributed by atoms with Crippen molar-refractivity contribution in [2.45, 2.75) is 88.2 Å². The zero-order valence-corrected chi connectivity index (χ0v) is 21.5. The number of nitrogens with one attached hydrogen (secondary N) is 1. The number of carboxylic acids is 1. The van der Waals surface area contributed by atoms with Gasteiger partial charge < -0.3 is 15.2 Å². The standard InChI is InChI=1S/C29H31F6NO3/c1-16(26(37)38)25(18-3-4-18)19-5-2-17-8-11-27(39-24(17)14-19)12-9-21(10-13-27)36-23-15-20(28(30,31)32)6-7-22(23)29(33,34)35/h2,5-7,14-16,18,21,25,36H,3-4,8-13H2,1H3,(H,37,38)/t16-,21?,25-,27?/m0/s1. The molecule has 2 atom stereocenters. The molecule has 1 spiro atoms. The van der Waals surface area contributed by atoms with Crippen LogP contribution in [0.4, 0.5) is 32.0 Å². The van der Waals surface area contributed by atoms with Crippen LogP contribution in [0, 0.1) is 11.8 Å². The van der Waals surface area contributed by atoms with Gasteiger partial charge in [-0.1, -0.05) is 19.1 Å². The van der Waals surface area contributed by atoms with Crippen molar-refractivity contribution in [3.8, 4) is 5.75 Å². The van der Waals surface area contributed by atoms with Crippen LogP contribution in [0.3, 0.4) is 0 Å². The van der Waals surface area contributed by atoms with Gasteiger partial charge in [-0.2, -0.15) is 26.3 Å². The van der Waals surface area contributed by atoms with Crippen LogP contribution in [-0.2, 0) is 23.6 Å². The molecule has 3 aliphatic rings. The Morgan fingerprint density at radius 3 is 2.26 bits per heavy atom. The lowest BCUT2D eigenvalue weighted by molar-refractivity contribution is -0.142. The second kappa shape index (κ2) is 9.93. The highest BCUT2D eigenvalue weighted by atomic mass is 19.4. The van der Waals surface area contributed by atoms with Gasteiger partial charge in [0.25, 0.3) is 0 Å². The van der Waals surface area contributed by atoms with Crippen molar-refractivity contribution in [2.24, 2.45) is 11.8 Å². The number of carbonyl (C=O) groups is 1. The molecular weight excluding hydrogens is 524 g/mol. The number of hydrogen-bond donors (Lipinski definition) is 2. The molecular formula is C29H31F6NO3. The van der Waals surface area contributed by atoms with Crippen molar-refractivity contribution in [3.63, 3.8) is 0 Å². The number of carboxylic acid groups (broad SMARTS) is 1. The number of fused-ring (bicyclic) bond motifs is 1. The number of halogens is 6. The van der Waals surface area contributed by atoms with Crippen LogP contribution < -0.4 is 10.1 Å². The third-order valence-electron chi connectivity index (χ3n) is 8.62. The molecule has 1 heterocycles. The molecule has 1 aliphatic heterocycles. The number of rotatable bonds is 6. The number of aryl methyl sites for hydroxylation is 1. The summed E-state index contributed by atoms with van der Waals surface area (Å²) in [7, 11) is 0. The summed E-state index contributed by atoms with van der Waals surface area (Å²) in [5, 5.41) is 12.4. The SMILES string of the molecule is C[C@H](C(=O)O)[C@H](c1ccc2c(c1)OC1(CC2)CCC(Nc2cc(C(F)(F)F)ccc2C(F)(F)F)CC1)C1CC1. The first-order chi connectivity index (χ1) is 18.3. The van der Waals surface area contributed by atoms with Gasteiger partial charge in [-0.3, -0.25) is 4.79 Å². The van der Waals surface area contributed by atoms with E-state index in [0.29, 0.717) is 49.8 Å². The Morgan fingerprint density at radius 1 is 0.974 bits per heavy atom. The third-order valence-corrected chi connectivity index (χ3v) is 8.62. The number of anilines is 1. The molecule has 39 heavy (non-hydrogen) atoms. The Kier molecular flexibility index (Phi) is 7.04. The first-order valence-electron chi connectivity index (χ1n) is 13.4. The van der Waals surface area contributed by atoms with Crippen LogP contribution in [0.1, 0.15) is 80.0 Å². The Labute approximate surface area is 222 Å². The maximum atomic E-state index is 13.5. The molecule has 0 bridgehead atoms. The fourth-order valence-electron chi connectivity index (χ4n) is 6.25. The smallest absolute Gasteiger partial charge is 0.418 e. The van der Waals surface area contributed by atoms with Crippen LogP contribution in [0.25, 0.3) is 0 Å². The summed E-state index contributed by atoms with van der Waals surface area (Å²) in [4.78, 5) is 11.7. The van der Waals surface area contributed by atoms with E-state index in [1.165, 1.54) is 0 Å². The lowest BCUT2D eigenvalue weighted by Gasteiger charge is -2.44. The Morgan fingerprint density at radius 2 is 1.67 bits per heavy atom. The monoisotopic (exact) mass is 555 g/mol. The highest BCUT2D eigenvalue weighted by Crippen LogP contribution is 2.49. The molecule has 4 nitrogen and oxygen atoms in total. The summed E-state index contributed by atoms with van der Waals surface area (Å²) < 4.78 is 86.7. The molecule has 2 aliphatic carbocycles. The van der Waals surface area contributed by atoms with E-state index < -0.39 is 52.7 Å². The van der Waals surface area contributed by atoms with Crippen LogP contribution in [0.2, 0.25) is 0 Å². The predicted molar refractivity (Wildman–Crippen MR) is 133 cm³/mol. The highest BCUT2D eigenvalue weighted by molar-refractivity contribution is 5.71. The fourth-order valence-corrected chi connectivity index (χ4v) is 6.25. The molecule has 0 saturated heterocycles. The largest absolute Gasteiger partial charge is 0.487 e. The van der Waals surface area contributed by atoms with E-state index in [-0.39, 0.29) is 5.92 Å². The summed E-state index contributed by atoms with van der Waals surface area (Å²) in [6, 6.07) is 7.01. The maximum absolute atomic E-state index is 13.5. The van der Waals surface area contributed by atoms with Gasteiger partial charge in [-0.25, -0.2) is 0 Å². The average Bonchev–Trinajstić information content (AvgIpc) is 3.69. The topological polar surface area (TPSA) is 58.6 Å². The van der Waals surface area contributed by atoms with Gasteiger partial charge in [-0.15, -0.1) is 0 Å². The zero-order chi connectivity index (χ0) is 28.2. The number of benzene rings is 2. The molecule has 5 rings (SSSR count). The second-order valence-corrected chi connectivity index (χ2v) is 11.3. The molecule has 2 aromatic rings. The van der Waals surface area contributed by atoms with Crippen molar-refractivity contribution in [1.29, 1.82) is 0 Å². The van der Waals surface area contributed by atoms with Gasteiger partial charge in [0, 0.05) is 11.7 Å². The van der Waals surface area contributed by atoms with Gasteiger partial charge >= 0.3 is 18.3 Å². The summed E-state index contributed by atoms with van der Waals surface area (Å²) in [6.45, 7) is 1.73. The molecule has 0 radical (unpaired) electrons. The molecule has 2 N–H and O–H groups in total. The van der Waals surface area contributed by atoms with E-state index in [4.69, 9.17) is 4.74 Å². The van der Waals surface area contributed by atoms with E-state index in [0.717, 1.165) is 42.6 Å². The van der Waals surface area contributed by atoms with Crippen molar-refractivity contribution < 1.29 is 41.0 Å². The van der Waals surface area contributed by atoms with E-state index >= 15 is 0 Å². The van der Waals surface area contributed by atoms with Gasteiger partial charge in [0.15, 0.2) is 0 Å². The third kappa shape index (κ3) is 5.84. The maximum Gasteiger partial charge on any atom is 0.418 e. The molecule has 2 aromatic carbocycles. The van der Waals surface area contributed by atoms with Crippen molar-refractivity contribution in [1.82, 2.24) is 0 Å². The lowest BCUT2D eigenvalue weighted by Crippen LogP contribution is -2.45. The van der Waals surface area contributed by atoms with Crippen LogP contribution in [0.5, 0.6) is 5.75 Å². The van der Waals surface area contributed by atoms with E-state index in [2.05, 4.69) is 5.32 Å². The summed E-state index contributed by atoms with van der Waals surface area (Å²) in [5.74, 6) is -0.380. The van der Waals surface area contributed by atoms with Crippen molar-refractivity contribution >= 4 is 11.7 Å². The minimum absolute atomic E-state index is 0.0931. The Balaban J connectivity index is 1.30. The Bertz CT molecular complexity index is 1230. The number of alkyl halides is 6. The first-order valence-corrected chi connectivity index (χ1v) is 13.4. The van der Waals surface area contributed by atoms with Crippen LogP contribution in [0.15, 0.2) is 36.4 Å². The fraction of sp³-hybridized carbons (Fsp3) is 0.552. The van der Waals surface area contributed by atoms with Crippen LogP contribution >= 0.6 is 0 Å². The quantitative estimate of drug-likeness (QED) is 0.354. The normalized spacial score (nSPS) is 24.9. The Hall–Kier alpha value is -2.91. The van der Waals surface area contributed by atoms with Gasteiger partial charge in [0.2, 0.25) is 0 Å². The van der Waals surface area contributed by atoms with Gasteiger partial charge in [-0.05, 0) is 98.6 Å². The molecule has 10 heteroatoms. The van der Waals surface area contributed by atoms with Gasteiger partial charge in [0.05, 0.1) is 17.0 Å². The van der Waals surface area contributed by atoms with Crippen molar-refractivity contribution in [3.05, 3.63) is 58.7 Å². The molecule has 0 aromatic heterocycles. The molecule has 0 unspecified atom stereocenters. The number of ether oxygens (including phenoxy) is 1. The molecule has 2 fully saturated rings. The van der Waals surface area contributed by atoms with Gasteiger partial charge in [0.1, 0.15) is 11.4 Å². The van der Waals surface area contributed by atoms with Crippen LogP contribution in [-0.4, -0.2) is 22.7 Å². The highest BCUT2D eigenvalue weighted by Gasteiger charge is 2.43. The van der Waals surface area contributed by atoms with E-state index in [1.807, 2.05) is 18.2 Å². The minimum Gasteiger partial charge on any atom is -0.487 e. The first kappa shape index (κ1) is 27.6. The summed E-state index contributed by atoms with van der Waals surface area (Å²) in [6.07, 6.45) is -4.04. The van der Waals surface area contributed by atoms with E-state index in [9.17, 15) is 36.2 Å². The lowest BCUT2D eigenvalue weighted by atomic mass is 9.76. The van der Waals surface area contributed by atoms with E-state index in [1.54, 1.807) is 6.92 Å². The minimum atomic E-state index is -4.79. The average molecular weight is 556 g/mol. The summed E-state index contributed by atoms with van der Waals surface area (Å²) >= 11 is 0. The molecule has 212 valence electrons. The molecule has 0 amide bonds. The molecule has 2 saturated carbocycles. The predicted octanol–water partition coefficient (Wildman–Crippen LogP) is 8.06. The van der Waals surface area contributed by atoms with Crippen molar-refractivity contribution in [2.75, 3.05) is 5.32 Å².